The highest BCUT2D eigenvalue weighted by atomic mass is 32.2. The molecule has 2 aliphatic heterocycles. The third-order valence-electron chi connectivity index (χ3n) is 5.09. The lowest BCUT2D eigenvalue weighted by Crippen LogP contribution is -2.26. The Kier molecular flexibility index (Phi) is 7.09. The van der Waals surface area contributed by atoms with Crippen molar-refractivity contribution in [1.82, 2.24) is 15.0 Å². The average Bonchev–Trinajstić information content (AvgIpc) is 3.36. The summed E-state index contributed by atoms with van der Waals surface area (Å²) in [5.74, 6) is -0.554. The minimum Gasteiger partial charge on any atom is -0.442 e. The van der Waals surface area contributed by atoms with Gasteiger partial charge in [-0.15, -0.1) is 5.10 Å². The average molecular weight is 451 g/mol. The van der Waals surface area contributed by atoms with Gasteiger partial charge in [-0.25, -0.2) is 22.3 Å². The number of benzene rings is 1. The fraction of sp³-hybridized carbons (Fsp3) is 0.476. The Morgan fingerprint density at radius 2 is 2.06 bits per heavy atom. The Hall–Kier alpha value is -2.75. The van der Waals surface area contributed by atoms with Gasteiger partial charge in [0.1, 0.15) is 11.9 Å². The number of hydrogen-bond acceptors (Lipinski definition) is 6. The molecule has 0 spiro atoms. The van der Waals surface area contributed by atoms with Crippen molar-refractivity contribution in [1.29, 1.82) is 0 Å². The zero-order valence-electron chi connectivity index (χ0n) is 17.9. The molecule has 1 aromatic carbocycles. The van der Waals surface area contributed by atoms with Crippen molar-refractivity contribution in [2.24, 2.45) is 0 Å². The second-order valence-electron chi connectivity index (χ2n) is 7.16. The molecule has 8 nitrogen and oxygen atoms in total. The number of carbonyl (C=O) groups is 1. The molecule has 2 aromatic rings. The Morgan fingerprint density at radius 3 is 2.68 bits per heavy atom. The zero-order chi connectivity index (χ0) is 22.6. The Balaban J connectivity index is 0.00000132. The van der Waals surface area contributed by atoms with Crippen LogP contribution in [0.15, 0.2) is 30.5 Å². The molecule has 1 amide bonds. The summed E-state index contributed by atoms with van der Waals surface area (Å²) in [6, 6.07) is 4.52. The largest absolute Gasteiger partial charge is 0.442 e. The van der Waals surface area contributed by atoms with Crippen molar-refractivity contribution in [2.75, 3.05) is 23.0 Å². The summed E-state index contributed by atoms with van der Waals surface area (Å²) in [7, 11) is -3.08. The summed E-state index contributed by atoms with van der Waals surface area (Å²) < 4.78 is 44.8. The molecule has 1 aromatic heterocycles. The molecule has 10 heteroatoms. The number of cyclic esters (lactones) is 1. The van der Waals surface area contributed by atoms with E-state index in [2.05, 4.69) is 10.3 Å². The third kappa shape index (κ3) is 5.30. The maximum Gasteiger partial charge on any atom is 0.414 e. The van der Waals surface area contributed by atoms with Crippen LogP contribution < -0.4 is 4.90 Å². The number of halogens is 1. The van der Waals surface area contributed by atoms with Crippen LogP contribution in [-0.4, -0.2) is 53.7 Å². The Bertz CT molecular complexity index is 1080. The van der Waals surface area contributed by atoms with Gasteiger partial charge in [-0.05, 0) is 36.6 Å². The van der Waals surface area contributed by atoms with E-state index < -0.39 is 27.9 Å². The number of carbonyl (C=O) groups excluding carboxylic acids is 1. The Morgan fingerprint density at radius 1 is 1.29 bits per heavy atom. The second-order valence-corrected chi connectivity index (χ2v) is 9.39. The number of hydrogen-bond donors (Lipinski definition) is 0. The fourth-order valence-electron chi connectivity index (χ4n) is 3.48. The first-order valence-corrected chi connectivity index (χ1v) is 12.2. The predicted molar refractivity (Wildman–Crippen MR) is 116 cm³/mol. The van der Waals surface area contributed by atoms with Crippen molar-refractivity contribution in [3.8, 4) is 0 Å². The molecular formula is C21H27FN4O4S. The van der Waals surface area contributed by atoms with E-state index in [0.29, 0.717) is 23.4 Å². The van der Waals surface area contributed by atoms with Crippen molar-refractivity contribution >= 4 is 27.2 Å². The summed E-state index contributed by atoms with van der Waals surface area (Å²) in [4.78, 5) is 13.6. The molecule has 1 fully saturated rings. The molecule has 1 saturated heterocycles. The summed E-state index contributed by atoms with van der Waals surface area (Å²) in [6.07, 6.45) is 3.46. The van der Waals surface area contributed by atoms with E-state index in [9.17, 15) is 17.6 Å². The van der Waals surface area contributed by atoms with Crippen molar-refractivity contribution in [3.63, 3.8) is 0 Å². The number of sulfone groups is 1. The summed E-state index contributed by atoms with van der Waals surface area (Å²) in [5, 5.41) is 8.02. The second kappa shape index (κ2) is 9.59. The fourth-order valence-corrected chi connectivity index (χ4v) is 4.63. The van der Waals surface area contributed by atoms with E-state index in [-0.39, 0.29) is 24.5 Å². The summed E-state index contributed by atoms with van der Waals surface area (Å²) >= 11 is 0. The van der Waals surface area contributed by atoms with Crippen molar-refractivity contribution in [2.45, 2.75) is 46.3 Å². The van der Waals surface area contributed by atoms with Gasteiger partial charge in [0, 0.05) is 11.8 Å². The highest BCUT2D eigenvalue weighted by molar-refractivity contribution is 7.91. The minimum atomic E-state index is -3.08. The van der Waals surface area contributed by atoms with Crippen LogP contribution in [0.4, 0.5) is 14.9 Å². The van der Waals surface area contributed by atoms with Crippen molar-refractivity contribution < 1.29 is 22.3 Å². The molecule has 2 aliphatic rings. The van der Waals surface area contributed by atoms with Crippen LogP contribution in [0.5, 0.6) is 0 Å². The molecule has 168 valence electrons. The van der Waals surface area contributed by atoms with E-state index in [4.69, 9.17) is 4.74 Å². The van der Waals surface area contributed by atoms with Gasteiger partial charge in [0.05, 0.1) is 36.0 Å². The number of nitrogens with zero attached hydrogens (tertiary/aromatic N) is 4. The smallest absolute Gasteiger partial charge is 0.414 e. The SMILES string of the molecule is CC.CCc1cn(C[C@H]2CN(c3ccc(C4=CCS(=O)(=O)CC4)c(F)c3)C(=O)O2)nn1. The van der Waals surface area contributed by atoms with Gasteiger partial charge in [-0.2, -0.15) is 0 Å². The lowest BCUT2D eigenvalue weighted by atomic mass is 10.0. The first-order chi connectivity index (χ1) is 14.8. The van der Waals surface area contributed by atoms with Crippen LogP contribution in [0.1, 0.15) is 38.4 Å². The topological polar surface area (TPSA) is 94.4 Å². The van der Waals surface area contributed by atoms with E-state index in [1.165, 1.54) is 11.0 Å². The van der Waals surface area contributed by atoms with Crippen molar-refractivity contribution in [3.05, 3.63) is 47.5 Å². The number of ether oxygens (including phenoxy) is 1. The van der Waals surface area contributed by atoms with Gasteiger partial charge in [-0.1, -0.05) is 32.1 Å². The third-order valence-corrected chi connectivity index (χ3v) is 6.59. The zero-order valence-corrected chi connectivity index (χ0v) is 18.7. The predicted octanol–water partition coefficient (Wildman–Crippen LogP) is 3.23. The summed E-state index contributed by atoms with van der Waals surface area (Å²) in [6.45, 7) is 6.63. The van der Waals surface area contributed by atoms with Crippen LogP contribution in [0.25, 0.3) is 5.57 Å². The maximum absolute atomic E-state index is 14.7. The van der Waals surface area contributed by atoms with Crippen LogP contribution in [-0.2, 0) is 27.5 Å². The highest BCUT2D eigenvalue weighted by Crippen LogP contribution is 2.30. The van der Waals surface area contributed by atoms with Gasteiger partial charge in [-0.3, -0.25) is 4.90 Å². The molecule has 0 aliphatic carbocycles. The van der Waals surface area contributed by atoms with E-state index in [1.54, 1.807) is 22.9 Å². The molecule has 3 heterocycles. The molecule has 1 atom stereocenters. The van der Waals surface area contributed by atoms with E-state index in [1.807, 2.05) is 27.0 Å². The molecule has 0 saturated carbocycles. The summed E-state index contributed by atoms with van der Waals surface area (Å²) in [5.41, 5.74) is 2.29. The monoisotopic (exact) mass is 450 g/mol. The number of aryl methyl sites for hydroxylation is 1. The number of anilines is 1. The van der Waals surface area contributed by atoms with Crippen LogP contribution in [0.3, 0.4) is 0 Å². The van der Waals surface area contributed by atoms with E-state index >= 15 is 0 Å². The normalized spacial score (nSPS) is 20.0. The lowest BCUT2D eigenvalue weighted by molar-refractivity contribution is 0.129. The Labute approximate surface area is 181 Å². The highest BCUT2D eigenvalue weighted by Gasteiger charge is 2.33. The first-order valence-electron chi connectivity index (χ1n) is 10.4. The van der Waals surface area contributed by atoms with Gasteiger partial charge < -0.3 is 4.74 Å². The maximum atomic E-state index is 14.7. The number of amides is 1. The number of aromatic nitrogens is 3. The molecule has 31 heavy (non-hydrogen) atoms. The number of rotatable bonds is 5. The van der Waals surface area contributed by atoms with Crippen LogP contribution in [0, 0.1) is 5.82 Å². The van der Waals surface area contributed by atoms with Crippen LogP contribution in [0.2, 0.25) is 0 Å². The first kappa shape index (κ1) is 22.9. The lowest BCUT2D eigenvalue weighted by Gasteiger charge is -2.17. The van der Waals surface area contributed by atoms with Gasteiger partial charge in [0.2, 0.25) is 0 Å². The van der Waals surface area contributed by atoms with Gasteiger partial charge >= 0.3 is 6.09 Å². The standard InChI is InChI=1S/C19H21FN4O4S.C2H6/c1-2-14-10-23(22-21-14)11-16-12-24(19(25)28-16)15-3-4-17(18(20)9-15)13-5-7-29(26,27)8-6-13;1-2/h3-5,9-10,16H,2,6-8,11-12H2,1H3;1-2H3/t16-;/m0./s1. The van der Waals surface area contributed by atoms with E-state index in [0.717, 1.165) is 12.1 Å². The quantitative estimate of drug-likeness (QED) is 0.694. The molecule has 0 bridgehead atoms. The van der Waals surface area contributed by atoms with Gasteiger partial charge in [0.15, 0.2) is 9.84 Å². The molecular weight excluding hydrogens is 423 g/mol. The number of allylic oxidation sites excluding steroid dienone is 1. The molecule has 0 N–H and O–H groups in total. The van der Waals surface area contributed by atoms with Gasteiger partial charge in [0.25, 0.3) is 0 Å². The molecule has 4 rings (SSSR count). The molecule has 0 radical (unpaired) electrons. The van der Waals surface area contributed by atoms with Crippen LogP contribution >= 0.6 is 0 Å². The molecule has 0 unspecified atom stereocenters. The minimum absolute atomic E-state index is 0.0161.